The molecule has 0 bridgehead atoms. The molecule has 1 N–H and O–H groups in total. The minimum Gasteiger partial charge on any atom is -0.513 e. The van der Waals surface area contributed by atoms with Crippen LogP contribution in [0.5, 0.6) is 0 Å². The molecular weight excluding hydrogens is 224 g/mol. The molecule has 18 heavy (non-hydrogen) atoms. The number of rotatable bonds is 3. The molecular formula is C16H14O2. The van der Waals surface area contributed by atoms with Gasteiger partial charge in [0.05, 0.1) is 5.76 Å². The van der Waals surface area contributed by atoms with Crippen LogP contribution in [0.15, 0.2) is 60.4 Å². The van der Waals surface area contributed by atoms with Gasteiger partial charge in [-0.1, -0.05) is 54.6 Å². The summed E-state index contributed by atoms with van der Waals surface area (Å²) in [4.78, 5) is 12.3. The summed E-state index contributed by atoms with van der Waals surface area (Å²) in [6.07, 6.45) is 1.59. The molecule has 0 amide bonds. The summed E-state index contributed by atoms with van der Waals surface area (Å²) >= 11 is 0. The van der Waals surface area contributed by atoms with Crippen LogP contribution < -0.4 is 0 Å². The summed E-state index contributed by atoms with van der Waals surface area (Å²) < 4.78 is 0. The van der Waals surface area contributed by atoms with E-state index in [0.29, 0.717) is 11.1 Å². The number of ketones is 1. The van der Waals surface area contributed by atoms with Crippen molar-refractivity contribution >= 4 is 11.9 Å². The third-order valence-electron chi connectivity index (χ3n) is 2.61. The van der Waals surface area contributed by atoms with E-state index in [1.807, 2.05) is 36.4 Å². The maximum Gasteiger partial charge on any atom is 0.193 e. The standard InChI is InChI=1S/C16H14O2/c1-12(17)11-14-9-5-6-10-15(14)16(18)13-7-3-2-4-8-13/h2-11,17H,1H3/b12-11+. The van der Waals surface area contributed by atoms with Crippen molar-refractivity contribution in [2.24, 2.45) is 0 Å². The molecule has 2 nitrogen and oxygen atoms in total. The van der Waals surface area contributed by atoms with Crippen molar-refractivity contribution in [1.29, 1.82) is 0 Å². The molecule has 0 aliphatic carbocycles. The van der Waals surface area contributed by atoms with E-state index in [2.05, 4.69) is 0 Å². The van der Waals surface area contributed by atoms with Gasteiger partial charge in [0.2, 0.25) is 0 Å². The van der Waals surface area contributed by atoms with E-state index in [4.69, 9.17) is 0 Å². The van der Waals surface area contributed by atoms with E-state index in [9.17, 15) is 9.90 Å². The Bertz CT molecular complexity index is 579. The average molecular weight is 238 g/mol. The van der Waals surface area contributed by atoms with Crippen molar-refractivity contribution < 1.29 is 9.90 Å². The summed E-state index contributed by atoms with van der Waals surface area (Å²) in [5.74, 6) is 0.145. The second-order valence-electron chi connectivity index (χ2n) is 4.07. The van der Waals surface area contributed by atoms with Crippen LogP contribution >= 0.6 is 0 Å². The normalized spacial score (nSPS) is 11.3. The predicted octanol–water partition coefficient (Wildman–Crippen LogP) is 3.84. The lowest BCUT2D eigenvalue weighted by Gasteiger charge is -2.05. The smallest absolute Gasteiger partial charge is 0.193 e. The first-order valence-corrected chi connectivity index (χ1v) is 5.74. The zero-order chi connectivity index (χ0) is 13.0. The Labute approximate surface area is 106 Å². The molecule has 0 spiro atoms. The van der Waals surface area contributed by atoms with Crippen LogP contribution in [0.2, 0.25) is 0 Å². The van der Waals surface area contributed by atoms with Gasteiger partial charge in [-0.25, -0.2) is 0 Å². The van der Waals surface area contributed by atoms with Crippen molar-refractivity contribution in [3.63, 3.8) is 0 Å². The highest BCUT2D eigenvalue weighted by Crippen LogP contribution is 2.16. The highest BCUT2D eigenvalue weighted by Gasteiger charge is 2.11. The van der Waals surface area contributed by atoms with Crippen LogP contribution in [0.3, 0.4) is 0 Å². The molecule has 0 radical (unpaired) electrons. The summed E-state index contributed by atoms with van der Waals surface area (Å²) in [6.45, 7) is 1.59. The number of aliphatic hydroxyl groups is 1. The molecule has 0 aliphatic rings. The minimum atomic E-state index is -0.0382. The van der Waals surface area contributed by atoms with Gasteiger partial charge in [0.15, 0.2) is 5.78 Å². The van der Waals surface area contributed by atoms with Gasteiger partial charge in [-0.3, -0.25) is 4.79 Å². The Kier molecular flexibility index (Phi) is 3.58. The highest BCUT2D eigenvalue weighted by atomic mass is 16.3. The van der Waals surface area contributed by atoms with Crippen molar-refractivity contribution in [2.75, 3.05) is 0 Å². The van der Waals surface area contributed by atoms with Crippen LogP contribution in [0.1, 0.15) is 28.4 Å². The third kappa shape index (κ3) is 2.66. The molecule has 0 fully saturated rings. The van der Waals surface area contributed by atoms with Crippen molar-refractivity contribution in [3.05, 3.63) is 77.0 Å². The molecule has 0 saturated heterocycles. The summed E-state index contributed by atoms with van der Waals surface area (Å²) in [5, 5.41) is 9.33. The van der Waals surface area contributed by atoms with E-state index in [0.717, 1.165) is 5.56 Å². The fourth-order valence-electron chi connectivity index (χ4n) is 1.80. The summed E-state index contributed by atoms with van der Waals surface area (Å²) in [7, 11) is 0. The molecule has 2 rings (SSSR count). The topological polar surface area (TPSA) is 37.3 Å². The van der Waals surface area contributed by atoms with Gasteiger partial charge >= 0.3 is 0 Å². The first-order valence-electron chi connectivity index (χ1n) is 5.74. The number of hydrogen-bond acceptors (Lipinski definition) is 2. The van der Waals surface area contributed by atoms with Crippen LogP contribution in [0, 0.1) is 0 Å². The lowest BCUT2D eigenvalue weighted by Crippen LogP contribution is -2.03. The molecule has 0 aliphatic heterocycles. The maximum absolute atomic E-state index is 12.3. The molecule has 0 atom stereocenters. The van der Waals surface area contributed by atoms with E-state index >= 15 is 0 Å². The molecule has 0 aromatic heterocycles. The number of hydrogen-bond donors (Lipinski definition) is 1. The third-order valence-corrected chi connectivity index (χ3v) is 2.61. The van der Waals surface area contributed by atoms with Crippen molar-refractivity contribution in [1.82, 2.24) is 0 Å². The van der Waals surface area contributed by atoms with E-state index < -0.39 is 0 Å². The highest BCUT2D eigenvalue weighted by molar-refractivity contribution is 6.11. The quantitative estimate of drug-likeness (QED) is 0.651. The number of allylic oxidation sites excluding steroid dienone is 1. The van der Waals surface area contributed by atoms with E-state index in [1.165, 1.54) is 0 Å². The Hall–Kier alpha value is -2.35. The van der Waals surface area contributed by atoms with Crippen molar-refractivity contribution in [2.45, 2.75) is 6.92 Å². The fraction of sp³-hybridized carbons (Fsp3) is 0.0625. The van der Waals surface area contributed by atoms with Gasteiger partial charge in [-0.05, 0) is 18.6 Å². The average Bonchev–Trinajstić information content (AvgIpc) is 2.39. The molecule has 2 aromatic carbocycles. The number of carbonyl (C=O) groups is 1. The number of carbonyl (C=O) groups excluding carboxylic acids is 1. The molecule has 2 heteroatoms. The van der Waals surface area contributed by atoms with E-state index in [1.54, 1.807) is 31.2 Å². The fourth-order valence-corrected chi connectivity index (χ4v) is 1.80. The first kappa shape index (κ1) is 12.1. The molecule has 2 aromatic rings. The van der Waals surface area contributed by atoms with Crippen LogP contribution in [0.4, 0.5) is 0 Å². The Morgan fingerprint density at radius 2 is 1.61 bits per heavy atom. The van der Waals surface area contributed by atoms with Crippen molar-refractivity contribution in [3.8, 4) is 0 Å². The van der Waals surface area contributed by atoms with Crippen LogP contribution in [-0.2, 0) is 0 Å². The second kappa shape index (κ2) is 5.32. The summed E-state index contributed by atoms with van der Waals surface area (Å²) in [6, 6.07) is 16.4. The monoisotopic (exact) mass is 238 g/mol. The number of benzene rings is 2. The van der Waals surface area contributed by atoms with Gasteiger partial charge in [-0.2, -0.15) is 0 Å². The predicted molar refractivity (Wildman–Crippen MR) is 72.6 cm³/mol. The van der Waals surface area contributed by atoms with Gasteiger partial charge < -0.3 is 5.11 Å². The molecule has 0 unspecified atom stereocenters. The lowest BCUT2D eigenvalue weighted by atomic mass is 9.98. The largest absolute Gasteiger partial charge is 0.513 e. The van der Waals surface area contributed by atoms with Gasteiger partial charge in [0, 0.05) is 11.1 Å². The SMILES string of the molecule is C/C(O)=C\c1ccccc1C(=O)c1ccccc1. The number of aliphatic hydroxyl groups excluding tert-OH is 1. The van der Waals surface area contributed by atoms with E-state index in [-0.39, 0.29) is 11.5 Å². The van der Waals surface area contributed by atoms with Gasteiger partial charge in [-0.15, -0.1) is 0 Å². The van der Waals surface area contributed by atoms with Gasteiger partial charge in [0.1, 0.15) is 0 Å². The second-order valence-corrected chi connectivity index (χ2v) is 4.07. The van der Waals surface area contributed by atoms with Crippen LogP contribution in [-0.4, -0.2) is 10.9 Å². The Balaban J connectivity index is 2.46. The molecule has 90 valence electrons. The van der Waals surface area contributed by atoms with Crippen LogP contribution in [0.25, 0.3) is 6.08 Å². The lowest BCUT2D eigenvalue weighted by molar-refractivity contribution is 0.103. The molecule has 0 saturated carbocycles. The first-order chi connectivity index (χ1) is 8.68. The zero-order valence-corrected chi connectivity index (χ0v) is 10.1. The Morgan fingerprint density at radius 1 is 1.00 bits per heavy atom. The minimum absolute atomic E-state index is 0.0382. The molecule has 0 heterocycles. The summed E-state index contributed by atoms with van der Waals surface area (Å²) in [5.41, 5.74) is 1.97. The maximum atomic E-state index is 12.3. The van der Waals surface area contributed by atoms with Gasteiger partial charge in [0.25, 0.3) is 0 Å². The Morgan fingerprint density at radius 3 is 2.28 bits per heavy atom. The zero-order valence-electron chi connectivity index (χ0n) is 10.1.